The van der Waals surface area contributed by atoms with Crippen LogP contribution in [-0.4, -0.2) is 9.97 Å². The number of rotatable bonds is 9. The Morgan fingerprint density at radius 2 is 1.13 bits per heavy atom. The minimum Gasteiger partial charge on any atom is -0.354 e. The molecule has 4 aromatic carbocycles. The number of nitrogens with one attached hydrogen (secondary N) is 2. The molecule has 0 saturated heterocycles. The van der Waals surface area contributed by atoms with Gasteiger partial charge in [0.15, 0.2) is 0 Å². The molecule has 39 heavy (non-hydrogen) atoms. The fourth-order valence-corrected chi connectivity index (χ4v) is 7.79. The van der Waals surface area contributed by atoms with Crippen LogP contribution in [-0.2, 0) is 0 Å². The fourth-order valence-electron chi connectivity index (χ4n) is 7.79. The summed E-state index contributed by atoms with van der Waals surface area (Å²) in [5.74, 6) is 1.76. The zero-order chi connectivity index (χ0) is 26.2. The highest BCUT2D eigenvalue weighted by molar-refractivity contribution is 6.09. The minimum atomic E-state index is 0.517. The Kier molecular flexibility index (Phi) is 6.64. The summed E-state index contributed by atoms with van der Waals surface area (Å²) < 4.78 is 0. The van der Waals surface area contributed by atoms with Gasteiger partial charge in [-0.1, -0.05) is 118 Å². The molecule has 6 aromatic rings. The first kappa shape index (κ1) is 24.5. The molecule has 2 heterocycles. The average molecular weight is 513 g/mol. The number of unbranched alkanes of at least 4 members (excludes halogenated alkanes) is 5. The summed E-state index contributed by atoms with van der Waals surface area (Å²) in [6.07, 6.45) is 12.1. The largest absolute Gasteiger partial charge is 0.354 e. The molecule has 2 aromatic heterocycles. The zero-order valence-corrected chi connectivity index (χ0v) is 23.2. The number of H-pyrrole nitrogens is 2. The monoisotopic (exact) mass is 512 g/mol. The van der Waals surface area contributed by atoms with E-state index in [1.807, 2.05) is 0 Å². The van der Waals surface area contributed by atoms with Gasteiger partial charge in [-0.3, -0.25) is 0 Å². The van der Waals surface area contributed by atoms with Crippen LogP contribution in [0.3, 0.4) is 0 Å². The third kappa shape index (κ3) is 4.35. The highest BCUT2D eigenvalue weighted by atomic mass is 14.7. The third-order valence-corrected chi connectivity index (χ3v) is 9.62. The molecule has 198 valence electrons. The Balaban J connectivity index is 1.31. The maximum atomic E-state index is 3.86. The topological polar surface area (TPSA) is 31.6 Å². The lowest BCUT2D eigenvalue weighted by atomic mass is 9.77. The summed E-state index contributed by atoms with van der Waals surface area (Å²) in [5.41, 5.74) is 8.23. The summed E-state index contributed by atoms with van der Waals surface area (Å²) >= 11 is 0. The van der Waals surface area contributed by atoms with Gasteiger partial charge in [-0.05, 0) is 60.3 Å². The predicted octanol–water partition coefficient (Wildman–Crippen LogP) is 11.0. The first-order valence-corrected chi connectivity index (χ1v) is 15.3. The van der Waals surface area contributed by atoms with Crippen LogP contribution in [0.4, 0.5) is 0 Å². The first-order chi connectivity index (χ1) is 19.3. The van der Waals surface area contributed by atoms with Gasteiger partial charge in [0, 0.05) is 38.1 Å². The van der Waals surface area contributed by atoms with E-state index in [-0.39, 0.29) is 0 Å². The lowest BCUT2D eigenvalue weighted by Gasteiger charge is -2.27. The number of hydrogen-bond donors (Lipinski definition) is 2. The van der Waals surface area contributed by atoms with E-state index in [2.05, 4.69) is 102 Å². The van der Waals surface area contributed by atoms with Crippen molar-refractivity contribution in [3.63, 3.8) is 0 Å². The van der Waals surface area contributed by atoms with E-state index in [1.165, 1.54) is 113 Å². The quantitative estimate of drug-likeness (QED) is 0.181. The van der Waals surface area contributed by atoms with Gasteiger partial charge < -0.3 is 9.97 Å². The van der Waals surface area contributed by atoms with E-state index in [0.29, 0.717) is 11.8 Å². The van der Waals surface area contributed by atoms with Crippen LogP contribution in [0.1, 0.15) is 87.7 Å². The second kappa shape index (κ2) is 10.6. The number of para-hydroxylation sites is 4. The third-order valence-electron chi connectivity index (χ3n) is 9.62. The molecule has 1 saturated carbocycles. The maximum Gasteiger partial charge on any atom is 0.0500 e. The summed E-state index contributed by atoms with van der Waals surface area (Å²) in [4.78, 5) is 7.69. The number of fused-ring (bicyclic) bond motifs is 6. The molecular formula is C37H40N2. The molecule has 2 N–H and O–H groups in total. The van der Waals surface area contributed by atoms with Crippen LogP contribution in [0.15, 0.2) is 84.9 Å². The molecular weight excluding hydrogens is 472 g/mol. The van der Waals surface area contributed by atoms with Crippen molar-refractivity contribution in [2.24, 2.45) is 5.92 Å². The maximum absolute atomic E-state index is 3.86. The summed E-state index contributed by atoms with van der Waals surface area (Å²) in [6, 6.07) is 31.6. The zero-order valence-electron chi connectivity index (χ0n) is 23.2. The standard InChI is InChI=1S/C37H40N2/c1-2-3-4-5-6-7-14-25-23-24-28(31-19-12-17-29-26-15-8-10-21-33(26)38-36(29)31)35(25)32-20-13-18-30-27-16-9-11-22-34(27)39-37(30)32/h8-13,15-22,25,28,35,38-39H,2-7,14,23-24H2,1H3. The Morgan fingerprint density at radius 1 is 0.564 bits per heavy atom. The number of hydrogen-bond acceptors (Lipinski definition) is 0. The van der Waals surface area contributed by atoms with Gasteiger partial charge in [0.1, 0.15) is 0 Å². The lowest BCUT2D eigenvalue weighted by Crippen LogP contribution is -2.13. The van der Waals surface area contributed by atoms with Gasteiger partial charge in [0.05, 0.1) is 5.52 Å². The van der Waals surface area contributed by atoms with Crippen molar-refractivity contribution in [1.29, 1.82) is 0 Å². The predicted molar refractivity (Wildman–Crippen MR) is 168 cm³/mol. The summed E-state index contributed by atoms with van der Waals surface area (Å²) in [5, 5.41) is 5.42. The molecule has 2 nitrogen and oxygen atoms in total. The smallest absolute Gasteiger partial charge is 0.0500 e. The lowest BCUT2D eigenvalue weighted by molar-refractivity contribution is 0.411. The van der Waals surface area contributed by atoms with Gasteiger partial charge in [-0.25, -0.2) is 0 Å². The molecule has 0 bridgehead atoms. The van der Waals surface area contributed by atoms with Crippen molar-refractivity contribution in [3.8, 4) is 0 Å². The molecule has 0 amide bonds. The fraction of sp³-hybridized carbons (Fsp3) is 0.351. The van der Waals surface area contributed by atoms with E-state index in [9.17, 15) is 0 Å². The number of aromatic nitrogens is 2. The van der Waals surface area contributed by atoms with E-state index >= 15 is 0 Å². The van der Waals surface area contributed by atoms with Crippen LogP contribution in [0.5, 0.6) is 0 Å². The van der Waals surface area contributed by atoms with Crippen LogP contribution in [0.2, 0.25) is 0 Å². The minimum absolute atomic E-state index is 0.517. The van der Waals surface area contributed by atoms with Crippen molar-refractivity contribution < 1.29 is 0 Å². The van der Waals surface area contributed by atoms with Crippen molar-refractivity contribution in [3.05, 3.63) is 96.1 Å². The Morgan fingerprint density at radius 3 is 1.82 bits per heavy atom. The van der Waals surface area contributed by atoms with Crippen LogP contribution in [0, 0.1) is 5.92 Å². The average Bonchev–Trinajstić information content (AvgIpc) is 3.68. The van der Waals surface area contributed by atoms with E-state index in [1.54, 1.807) is 0 Å². The van der Waals surface area contributed by atoms with Gasteiger partial charge in [-0.15, -0.1) is 0 Å². The van der Waals surface area contributed by atoms with Crippen molar-refractivity contribution >= 4 is 43.6 Å². The van der Waals surface area contributed by atoms with E-state index < -0.39 is 0 Å². The molecule has 0 spiro atoms. The van der Waals surface area contributed by atoms with Crippen molar-refractivity contribution in [2.75, 3.05) is 0 Å². The molecule has 3 atom stereocenters. The molecule has 0 radical (unpaired) electrons. The van der Waals surface area contributed by atoms with Crippen LogP contribution < -0.4 is 0 Å². The normalized spacial score (nSPS) is 19.7. The van der Waals surface area contributed by atoms with Gasteiger partial charge >= 0.3 is 0 Å². The molecule has 0 aliphatic heterocycles. The van der Waals surface area contributed by atoms with Gasteiger partial charge in [-0.2, -0.15) is 0 Å². The molecule has 2 heteroatoms. The number of benzene rings is 4. The summed E-state index contributed by atoms with van der Waals surface area (Å²) in [6.45, 7) is 2.31. The highest BCUT2D eigenvalue weighted by Gasteiger charge is 2.39. The van der Waals surface area contributed by atoms with Crippen LogP contribution >= 0.6 is 0 Å². The van der Waals surface area contributed by atoms with Crippen LogP contribution in [0.25, 0.3) is 43.6 Å². The molecule has 3 unspecified atom stereocenters. The molecule has 1 fully saturated rings. The summed E-state index contributed by atoms with van der Waals surface area (Å²) in [7, 11) is 0. The Bertz CT molecular complexity index is 1730. The van der Waals surface area contributed by atoms with E-state index in [0.717, 1.165) is 5.92 Å². The second-order valence-electron chi connectivity index (χ2n) is 11.9. The van der Waals surface area contributed by atoms with Crippen molar-refractivity contribution in [1.82, 2.24) is 9.97 Å². The molecule has 1 aliphatic carbocycles. The second-order valence-corrected chi connectivity index (χ2v) is 11.9. The number of aromatic amines is 2. The Hall–Kier alpha value is -3.52. The van der Waals surface area contributed by atoms with Gasteiger partial charge in [0.2, 0.25) is 0 Å². The Labute approximate surface area is 231 Å². The highest BCUT2D eigenvalue weighted by Crippen LogP contribution is 2.54. The first-order valence-electron chi connectivity index (χ1n) is 15.3. The van der Waals surface area contributed by atoms with Gasteiger partial charge in [0.25, 0.3) is 0 Å². The molecule has 1 aliphatic rings. The van der Waals surface area contributed by atoms with Crippen molar-refractivity contribution in [2.45, 2.75) is 76.5 Å². The molecule has 7 rings (SSSR count). The SMILES string of the molecule is CCCCCCCCC1CCC(c2cccc3c2[nH]c2ccccc23)C1c1cccc2c1[nH]c1ccccc12. The van der Waals surface area contributed by atoms with E-state index in [4.69, 9.17) is 0 Å².